The maximum Gasteiger partial charge on any atom is 0.138 e. The first-order chi connectivity index (χ1) is 24.7. The van der Waals surface area contributed by atoms with Crippen molar-refractivity contribution in [1.29, 1.82) is 0 Å². The normalized spacial score (nSPS) is 11.9. The van der Waals surface area contributed by atoms with Gasteiger partial charge < -0.3 is 31.2 Å². The first kappa shape index (κ1) is 31.9. The van der Waals surface area contributed by atoms with Gasteiger partial charge in [0.25, 0.3) is 0 Å². The number of benzene rings is 6. The molecule has 0 aromatic heterocycles. The molecule has 0 saturated heterocycles. The minimum atomic E-state index is -1.10. The van der Waals surface area contributed by atoms with Crippen LogP contribution >= 0.6 is 0 Å². The summed E-state index contributed by atoms with van der Waals surface area (Å²) in [5, 5.41) is 19.8. The lowest BCUT2D eigenvalue weighted by Crippen LogP contribution is -2.30. The van der Waals surface area contributed by atoms with Crippen LogP contribution in [0.2, 0.25) is 0 Å². The number of phenols is 2. The third-order valence-electron chi connectivity index (χ3n) is 9.08. The van der Waals surface area contributed by atoms with Crippen LogP contribution in [-0.2, 0) is 5.41 Å². The van der Waals surface area contributed by atoms with Crippen LogP contribution in [0.5, 0.6) is 34.5 Å². The van der Waals surface area contributed by atoms with Crippen molar-refractivity contribution in [2.45, 2.75) is 5.41 Å². The fourth-order valence-corrected chi connectivity index (χ4v) is 6.86. The van der Waals surface area contributed by atoms with Crippen LogP contribution in [0, 0.1) is 49.4 Å². The van der Waals surface area contributed by atoms with E-state index in [-0.39, 0.29) is 22.9 Å². The maximum absolute atomic E-state index is 9.88. The van der Waals surface area contributed by atoms with Crippen LogP contribution in [0.15, 0.2) is 109 Å². The van der Waals surface area contributed by atoms with E-state index >= 15 is 0 Å². The first-order valence-corrected chi connectivity index (χ1v) is 15.7. The van der Waals surface area contributed by atoms with Gasteiger partial charge >= 0.3 is 0 Å². The summed E-state index contributed by atoms with van der Waals surface area (Å²) in [4.78, 5) is 0. The Hall–Kier alpha value is -7.64. The molecule has 1 aliphatic carbocycles. The molecule has 0 atom stereocenters. The molecule has 6 nitrogen and oxygen atoms in total. The second kappa shape index (κ2) is 12.4. The van der Waals surface area contributed by atoms with E-state index in [0.717, 1.165) is 33.4 Å². The molecule has 0 bridgehead atoms. The Morgan fingerprint density at radius 3 is 1.12 bits per heavy atom. The highest BCUT2D eigenvalue weighted by molar-refractivity contribution is 5.95. The number of nitrogens with two attached hydrogens (primary N) is 2. The molecular weight excluding hydrogens is 633 g/mol. The van der Waals surface area contributed by atoms with E-state index in [1.807, 2.05) is 72.8 Å². The molecule has 0 saturated carbocycles. The van der Waals surface area contributed by atoms with E-state index in [2.05, 4.69) is 23.7 Å². The molecule has 0 heterocycles. The van der Waals surface area contributed by atoms with Crippen molar-refractivity contribution in [3.63, 3.8) is 0 Å². The molecule has 1 aliphatic rings. The molecule has 6 N–H and O–H groups in total. The molecule has 0 aliphatic heterocycles. The topological polar surface area (TPSA) is 111 Å². The number of ether oxygens (including phenoxy) is 2. The van der Waals surface area contributed by atoms with Crippen molar-refractivity contribution in [2.24, 2.45) is 0 Å². The van der Waals surface area contributed by atoms with E-state index in [9.17, 15) is 10.2 Å². The molecule has 6 aromatic rings. The van der Waals surface area contributed by atoms with Crippen molar-refractivity contribution in [3.05, 3.63) is 154 Å². The Bertz CT molecular complexity index is 2380. The van der Waals surface area contributed by atoms with Crippen molar-refractivity contribution in [2.75, 3.05) is 11.5 Å². The zero-order valence-electron chi connectivity index (χ0n) is 27.1. The highest BCUT2D eigenvalue weighted by Crippen LogP contribution is 2.60. The van der Waals surface area contributed by atoms with Gasteiger partial charge in [0.05, 0.1) is 16.8 Å². The standard InChI is InChI=1S/C45H28N2O4/c1-5-27-9-11-29(7-3)43-41(27)42-28(6-2)10-12-30(8-4)44(42)45(43,31-13-17-33(18-14-31)50-35-21-23-39(48)37(46)25-35)32-15-19-34(20-16-32)51-36-22-24-40(49)38(47)26-36/h1-4,9-26,48-49H,46-47H2. The average molecular weight is 661 g/mol. The molecule has 0 fully saturated rings. The number of terminal acetylenes is 4. The lowest BCUT2D eigenvalue weighted by molar-refractivity contribution is 0.466. The van der Waals surface area contributed by atoms with Crippen molar-refractivity contribution in [3.8, 4) is 95.0 Å². The van der Waals surface area contributed by atoms with Gasteiger partial charge in [-0.15, -0.1) is 25.7 Å². The SMILES string of the molecule is C#Cc1ccc(C#C)c2c1-c1c(C#C)ccc(C#C)c1C2(c1ccc(Oc2ccc(O)c(N)c2)cc1)c1ccc(Oc2ccc(O)c(N)c2)cc1. The summed E-state index contributed by atoms with van der Waals surface area (Å²) in [6, 6.07) is 31.8. The lowest BCUT2D eigenvalue weighted by atomic mass is 9.65. The third kappa shape index (κ3) is 5.10. The van der Waals surface area contributed by atoms with Gasteiger partial charge in [-0.25, -0.2) is 0 Å². The summed E-state index contributed by atoms with van der Waals surface area (Å²) in [7, 11) is 0. The number of anilines is 2. The summed E-state index contributed by atoms with van der Waals surface area (Å²) in [6.45, 7) is 0. The van der Waals surface area contributed by atoms with Crippen LogP contribution in [-0.4, -0.2) is 10.2 Å². The lowest BCUT2D eigenvalue weighted by Gasteiger charge is -2.35. The zero-order chi connectivity index (χ0) is 35.9. The summed E-state index contributed by atoms with van der Waals surface area (Å²) in [6.07, 6.45) is 24.8. The van der Waals surface area contributed by atoms with Crippen molar-refractivity contribution < 1.29 is 19.7 Å². The summed E-state index contributed by atoms with van der Waals surface area (Å²) in [5.41, 5.74) is 18.2. The van der Waals surface area contributed by atoms with E-state index in [1.54, 1.807) is 24.3 Å². The van der Waals surface area contributed by atoms with Crippen LogP contribution in [0.3, 0.4) is 0 Å². The fourth-order valence-electron chi connectivity index (χ4n) is 6.86. The van der Waals surface area contributed by atoms with Gasteiger partial charge in [0.2, 0.25) is 0 Å². The quantitative estimate of drug-likeness (QED) is 0.0815. The van der Waals surface area contributed by atoms with Crippen LogP contribution in [0.4, 0.5) is 11.4 Å². The Labute approximate surface area is 295 Å². The zero-order valence-corrected chi connectivity index (χ0v) is 27.1. The molecule has 51 heavy (non-hydrogen) atoms. The number of phenolic OH excluding ortho intramolecular Hbond substituents is 2. The fraction of sp³-hybridized carbons (Fsp3) is 0.0222. The molecule has 7 rings (SSSR count). The second-order valence-electron chi connectivity index (χ2n) is 11.8. The van der Waals surface area contributed by atoms with Gasteiger partial charge in [-0.1, -0.05) is 47.9 Å². The first-order valence-electron chi connectivity index (χ1n) is 15.7. The highest BCUT2D eigenvalue weighted by atomic mass is 16.5. The van der Waals surface area contributed by atoms with E-state index in [1.165, 1.54) is 12.1 Å². The van der Waals surface area contributed by atoms with E-state index in [0.29, 0.717) is 45.3 Å². The van der Waals surface area contributed by atoms with Crippen LogP contribution in [0.1, 0.15) is 44.5 Å². The average Bonchev–Trinajstić information content (AvgIpc) is 3.48. The van der Waals surface area contributed by atoms with Gasteiger partial charge in [0.1, 0.15) is 34.5 Å². The highest BCUT2D eigenvalue weighted by Gasteiger charge is 2.50. The monoisotopic (exact) mass is 660 g/mol. The number of rotatable bonds is 6. The smallest absolute Gasteiger partial charge is 0.138 e. The number of hydrogen-bond donors (Lipinski definition) is 4. The van der Waals surface area contributed by atoms with E-state index in [4.69, 9.17) is 46.6 Å². The largest absolute Gasteiger partial charge is 0.506 e. The van der Waals surface area contributed by atoms with Gasteiger partial charge in [0.15, 0.2) is 0 Å². The van der Waals surface area contributed by atoms with Gasteiger partial charge in [-0.3, -0.25) is 0 Å². The van der Waals surface area contributed by atoms with Gasteiger partial charge in [-0.05, 0) is 95.1 Å². The Morgan fingerprint density at radius 1 is 0.451 bits per heavy atom. The number of aromatic hydroxyl groups is 2. The molecule has 0 amide bonds. The molecule has 6 aromatic carbocycles. The minimum absolute atomic E-state index is 0.0341. The minimum Gasteiger partial charge on any atom is -0.506 e. The molecule has 0 spiro atoms. The molecule has 242 valence electrons. The van der Waals surface area contributed by atoms with Gasteiger partial charge in [0, 0.05) is 45.5 Å². The van der Waals surface area contributed by atoms with Crippen LogP contribution in [0.25, 0.3) is 11.1 Å². The molecule has 0 unspecified atom stereocenters. The summed E-state index contributed by atoms with van der Waals surface area (Å²) < 4.78 is 12.2. The summed E-state index contributed by atoms with van der Waals surface area (Å²) in [5.74, 6) is 13.4. The van der Waals surface area contributed by atoms with Crippen LogP contribution < -0.4 is 20.9 Å². The van der Waals surface area contributed by atoms with E-state index < -0.39 is 5.41 Å². The molecule has 6 heteroatoms. The second-order valence-corrected chi connectivity index (χ2v) is 11.8. The Morgan fingerprint density at radius 2 is 0.784 bits per heavy atom. The third-order valence-corrected chi connectivity index (χ3v) is 9.08. The number of fused-ring (bicyclic) bond motifs is 3. The molecule has 0 radical (unpaired) electrons. The predicted octanol–water partition coefficient (Wildman–Crippen LogP) is 8.14. The van der Waals surface area contributed by atoms with Crippen molar-refractivity contribution in [1.82, 2.24) is 0 Å². The Balaban J connectivity index is 1.50. The van der Waals surface area contributed by atoms with Crippen molar-refractivity contribution >= 4 is 11.4 Å². The predicted molar refractivity (Wildman–Crippen MR) is 201 cm³/mol. The number of nitrogen functional groups attached to an aromatic ring is 2. The summed E-state index contributed by atoms with van der Waals surface area (Å²) >= 11 is 0. The Kier molecular flexibility index (Phi) is 7.78. The van der Waals surface area contributed by atoms with Gasteiger partial charge in [-0.2, -0.15) is 0 Å². The number of hydrogen-bond acceptors (Lipinski definition) is 6. The molecular formula is C45H28N2O4. The maximum atomic E-state index is 9.88.